The van der Waals surface area contributed by atoms with E-state index in [-0.39, 0.29) is 0 Å². The normalized spacial score (nSPS) is 20.9. The molecule has 1 aromatic carbocycles. The van der Waals surface area contributed by atoms with Crippen LogP contribution in [0.15, 0.2) is 30.3 Å². The molecule has 0 amide bonds. The van der Waals surface area contributed by atoms with E-state index >= 15 is 0 Å². The van der Waals surface area contributed by atoms with Crippen LogP contribution in [0.4, 0.5) is 0 Å². The van der Waals surface area contributed by atoms with Gasteiger partial charge in [0.1, 0.15) is 6.29 Å². The Hall–Kier alpha value is -1.19. The highest BCUT2D eigenvalue weighted by atomic mass is 16.5. The van der Waals surface area contributed by atoms with E-state index < -0.39 is 5.41 Å². The predicted molar refractivity (Wildman–Crippen MR) is 76.3 cm³/mol. The number of likely N-dealkylation sites (tertiary alicyclic amines) is 1. The second-order valence-corrected chi connectivity index (χ2v) is 5.61. The van der Waals surface area contributed by atoms with Crippen molar-refractivity contribution in [2.24, 2.45) is 0 Å². The fourth-order valence-corrected chi connectivity index (χ4v) is 2.78. The van der Waals surface area contributed by atoms with E-state index in [9.17, 15) is 4.79 Å². The molecule has 104 valence electrons. The highest BCUT2D eigenvalue weighted by molar-refractivity contribution is 5.68. The lowest BCUT2D eigenvalue weighted by molar-refractivity contribution is -0.113. The maximum atomic E-state index is 11.6. The number of ether oxygens (including phenoxy) is 1. The number of hydrogen-bond acceptors (Lipinski definition) is 3. The summed E-state index contributed by atoms with van der Waals surface area (Å²) in [4.78, 5) is 13.9. The van der Waals surface area contributed by atoms with Crippen LogP contribution >= 0.6 is 0 Å². The number of aldehydes is 1. The molecule has 3 nitrogen and oxygen atoms in total. The fraction of sp³-hybridized carbons (Fsp3) is 0.562. The molecule has 0 aromatic heterocycles. The second-order valence-electron chi connectivity index (χ2n) is 5.61. The summed E-state index contributed by atoms with van der Waals surface area (Å²) < 4.78 is 5.38. The van der Waals surface area contributed by atoms with Gasteiger partial charge in [-0.1, -0.05) is 30.3 Å². The highest BCUT2D eigenvalue weighted by Gasteiger charge is 2.30. The van der Waals surface area contributed by atoms with Crippen molar-refractivity contribution in [2.75, 3.05) is 26.7 Å². The third kappa shape index (κ3) is 3.43. The molecule has 19 heavy (non-hydrogen) atoms. The van der Waals surface area contributed by atoms with Crippen LogP contribution in [-0.4, -0.2) is 44.0 Å². The second kappa shape index (κ2) is 6.31. The Morgan fingerprint density at radius 2 is 1.95 bits per heavy atom. The molecule has 0 N–H and O–H groups in total. The first-order valence-corrected chi connectivity index (χ1v) is 6.95. The van der Waals surface area contributed by atoms with Crippen molar-refractivity contribution in [3.8, 4) is 0 Å². The van der Waals surface area contributed by atoms with Gasteiger partial charge in [0.25, 0.3) is 0 Å². The number of piperidine rings is 1. The summed E-state index contributed by atoms with van der Waals surface area (Å²) >= 11 is 0. The van der Waals surface area contributed by atoms with Crippen LogP contribution in [0, 0.1) is 0 Å². The molecule has 0 radical (unpaired) electrons. The third-order valence-electron chi connectivity index (χ3n) is 4.11. The van der Waals surface area contributed by atoms with Crippen molar-refractivity contribution in [2.45, 2.75) is 31.3 Å². The average Bonchev–Trinajstić information content (AvgIpc) is 2.49. The minimum atomic E-state index is -0.416. The Kier molecular flexibility index (Phi) is 4.72. The van der Waals surface area contributed by atoms with E-state index in [1.807, 2.05) is 37.3 Å². The van der Waals surface area contributed by atoms with Gasteiger partial charge in [0, 0.05) is 26.7 Å². The maximum absolute atomic E-state index is 11.6. The van der Waals surface area contributed by atoms with Crippen LogP contribution in [0.3, 0.4) is 0 Å². The van der Waals surface area contributed by atoms with Gasteiger partial charge in [-0.05, 0) is 25.3 Å². The molecule has 0 bridgehead atoms. The molecular weight excluding hydrogens is 238 g/mol. The fourth-order valence-electron chi connectivity index (χ4n) is 2.78. The summed E-state index contributed by atoms with van der Waals surface area (Å²) in [6.45, 7) is 4.83. The molecule has 1 saturated heterocycles. The predicted octanol–water partition coefficient (Wildman–Crippen LogP) is 2.25. The molecule has 1 aromatic rings. The summed E-state index contributed by atoms with van der Waals surface area (Å²) in [6, 6.07) is 10.0. The van der Waals surface area contributed by atoms with E-state index in [0.717, 1.165) is 44.3 Å². The SMILES string of the molecule is COC1CCN(CC(C)(C=O)c2ccccc2)CC1. The Morgan fingerprint density at radius 1 is 1.32 bits per heavy atom. The molecule has 1 aliphatic heterocycles. The molecule has 3 heteroatoms. The number of benzene rings is 1. The van der Waals surface area contributed by atoms with Crippen molar-refractivity contribution in [3.63, 3.8) is 0 Å². The lowest BCUT2D eigenvalue weighted by atomic mass is 9.83. The monoisotopic (exact) mass is 261 g/mol. The van der Waals surface area contributed by atoms with Gasteiger partial charge in [-0.25, -0.2) is 0 Å². The van der Waals surface area contributed by atoms with Crippen molar-refractivity contribution in [1.29, 1.82) is 0 Å². The van der Waals surface area contributed by atoms with Crippen LogP contribution in [0.2, 0.25) is 0 Å². The molecule has 1 atom stereocenters. The first-order chi connectivity index (χ1) is 9.18. The van der Waals surface area contributed by atoms with Crippen molar-refractivity contribution < 1.29 is 9.53 Å². The van der Waals surface area contributed by atoms with E-state index in [4.69, 9.17) is 4.74 Å². The van der Waals surface area contributed by atoms with Crippen LogP contribution < -0.4 is 0 Å². The van der Waals surface area contributed by atoms with Crippen LogP contribution in [0.1, 0.15) is 25.3 Å². The van der Waals surface area contributed by atoms with Crippen molar-refractivity contribution in [1.82, 2.24) is 4.90 Å². The summed E-state index contributed by atoms with van der Waals surface area (Å²) in [6.07, 6.45) is 3.58. The zero-order valence-electron chi connectivity index (χ0n) is 11.8. The van der Waals surface area contributed by atoms with Gasteiger partial charge >= 0.3 is 0 Å². The number of carbonyl (C=O) groups excluding carboxylic acids is 1. The number of rotatable bonds is 5. The summed E-state index contributed by atoms with van der Waals surface area (Å²) in [5, 5.41) is 0. The molecule has 1 fully saturated rings. The Morgan fingerprint density at radius 3 is 2.47 bits per heavy atom. The Labute approximate surface area is 115 Å². The van der Waals surface area contributed by atoms with E-state index in [2.05, 4.69) is 4.90 Å². The lowest BCUT2D eigenvalue weighted by Gasteiger charge is -2.36. The molecule has 0 saturated carbocycles. The van der Waals surface area contributed by atoms with Crippen LogP contribution in [-0.2, 0) is 14.9 Å². The van der Waals surface area contributed by atoms with Gasteiger partial charge in [0.15, 0.2) is 0 Å². The topological polar surface area (TPSA) is 29.5 Å². The molecule has 2 rings (SSSR count). The smallest absolute Gasteiger partial charge is 0.131 e. The highest BCUT2D eigenvalue weighted by Crippen LogP contribution is 2.24. The van der Waals surface area contributed by atoms with Gasteiger partial charge in [0.2, 0.25) is 0 Å². The molecule has 1 aliphatic rings. The standard InChI is InChI=1S/C16H23NO2/c1-16(13-18,14-6-4-3-5-7-14)12-17-10-8-15(19-2)9-11-17/h3-7,13,15H,8-12H2,1-2H3. The minimum absolute atomic E-state index is 0.385. The number of hydrogen-bond donors (Lipinski definition) is 0. The van der Waals surface area contributed by atoms with Gasteiger partial charge in [-0.3, -0.25) is 0 Å². The minimum Gasteiger partial charge on any atom is -0.381 e. The van der Waals surface area contributed by atoms with Crippen molar-refractivity contribution in [3.05, 3.63) is 35.9 Å². The first kappa shape index (κ1) is 14.2. The van der Waals surface area contributed by atoms with E-state index in [1.54, 1.807) is 7.11 Å². The quantitative estimate of drug-likeness (QED) is 0.761. The Balaban J connectivity index is 2.02. The van der Waals surface area contributed by atoms with E-state index in [1.165, 1.54) is 0 Å². The molecule has 0 spiro atoms. The van der Waals surface area contributed by atoms with Gasteiger partial charge in [-0.2, -0.15) is 0 Å². The first-order valence-electron chi connectivity index (χ1n) is 6.95. The lowest BCUT2D eigenvalue weighted by Crippen LogP contribution is -2.45. The van der Waals surface area contributed by atoms with Crippen LogP contribution in [0.5, 0.6) is 0 Å². The molecule has 1 heterocycles. The van der Waals surface area contributed by atoms with Gasteiger partial charge in [0.05, 0.1) is 11.5 Å². The molecule has 1 unspecified atom stereocenters. The molecule has 0 aliphatic carbocycles. The number of carbonyl (C=O) groups is 1. The van der Waals surface area contributed by atoms with Crippen molar-refractivity contribution >= 4 is 6.29 Å². The number of nitrogens with zero attached hydrogens (tertiary/aromatic N) is 1. The Bertz CT molecular complexity index is 398. The maximum Gasteiger partial charge on any atom is 0.131 e. The van der Waals surface area contributed by atoms with Crippen LogP contribution in [0.25, 0.3) is 0 Å². The van der Waals surface area contributed by atoms with E-state index in [0.29, 0.717) is 6.10 Å². The zero-order chi connectivity index (χ0) is 13.7. The molecular formula is C16H23NO2. The third-order valence-corrected chi connectivity index (χ3v) is 4.11. The zero-order valence-corrected chi connectivity index (χ0v) is 11.8. The summed E-state index contributed by atoms with van der Waals surface area (Å²) in [7, 11) is 1.78. The van der Waals surface area contributed by atoms with Gasteiger partial charge < -0.3 is 14.4 Å². The largest absolute Gasteiger partial charge is 0.381 e. The summed E-state index contributed by atoms with van der Waals surface area (Å²) in [5.41, 5.74) is 0.681. The summed E-state index contributed by atoms with van der Waals surface area (Å²) in [5.74, 6) is 0. The average molecular weight is 261 g/mol. The number of methoxy groups -OCH3 is 1. The van der Waals surface area contributed by atoms with Gasteiger partial charge in [-0.15, -0.1) is 0 Å².